The van der Waals surface area contributed by atoms with Gasteiger partial charge in [0.05, 0.1) is 6.61 Å². The molecule has 0 aromatic rings. The zero-order valence-electron chi connectivity index (χ0n) is 8.17. The van der Waals surface area contributed by atoms with E-state index in [1.54, 1.807) is 0 Å². The van der Waals surface area contributed by atoms with Crippen LogP contribution in [0.4, 0.5) is 0 Å². The van der Waals surface area contributed by atoms with E-state index < -0.39 is 0 Å². The fourth-order valence-corrected chi connectivity index (χ4v) is 2.16. The van der Waals surface area contributed by atoms with Gasteiger partial charge in [-0.15, -0.1) is 0 Å². The maximum Gasteiger partial charge on any atom is 0.132 e. The van der Waals surface area contributed by atoms with Gasteiger partial charge in [0.15, 0.2) is 0 Å². The SMILES string of the molecule is NC(CNC1CO1)C1CCCCC1. The van der Waals surface area contributed by atoms with Gasteiger partial charge in [0.1, 0.15) is 6.23 Å². The molecule has 0 aromatic carbocycles. The average molecular weight is 184 g/mol. The van der Waals surface area contributed by atoms with Crippen molar-refractivity contribution >= 4 is 0 Å². The Morgan fingerprint density at radius 1 is 1.31 bits per heavy atom. The molecule has 1 saturated heterocycles. The van der Waals surface area contributed by atoms with Crippen LogP contribution in [-0.2, 0) is 4.74 Å². The molecule has 1 heterocycles. The van der Waals surface area contributed by atoms with Crippen molar-refractivity contribution in [1.82, 2.24) is 5.32 Å². The molecule has 3 N–H and O–H groups in total. The van der Waals surface area contributed by atoms with E-state index >= 15 is 0 Å². The highest BCUT2D eigenvalue weighted by Gasteiger charge is 2.25. The van der Waals surface area contributed by atoms with Crippen molar-refractivity contribution in [2.24, 2.45) is 11.7 Å². The van der Waals surface area contributed by atoms with Gasteiger partial charge >= 0.3 is 0 Å². The third kappa shape index (κ3) is 2.93. The normalized spacial score (nSPS) is 31.6. The molecule has 0 amide bonds. The third-order valence-electron chi connectivity index (χ3n) is 3.17. The van der Waals surface area contributed by atoms with Crippen molar-refractivity contribution in [1.29, 1.82) is 0 Å². The molecule has 2 atom stereocenters. The van der Waals surface area contributed by atoms with Crippen molar-refractivity contribution in [2.45, 2.75) is 44.4 Å². The van der Waals surface area contributed by atoms with Crippen molar-refractivity contribution in [2.75, 3.05) is 13.2 Å². The first-order valence-electron chi connectivity index (χ1n) is 5.47. The number of hydrogen-bond donors (Lipinski definition) is 2. The number of nitrogens with two attached hydrogens (primary N) is 1. The molecule has 0 radical (unpaired) electrons. The number of hydrogen-bond acceptors (Lipinski definition) is 3. The molecule has 2 aliphatic rings. The highest BCUT2D eigenvalue weighted by molar-refractivity contribution is 4.80. The molecule has 2 fully saturated rings. The molecule has 3 nitrogen and oxygen atoms in total. The molecule has 76 valence electrons. The summed E-state index contributed by atoms with van der Waals surface area (Å²) in [6, 6.07) is 0.337. The second-order valence-electron chi connectivity index (χ2n) is 4.29. The van der Waals surface area contributed by atoms with E-state index in [1.165, 1.54) is 32.1 Å². The largest absolute Gasteiger partial charge is 0.357 e. The lowest BCUT2D eigenvalue weighted by Gasteiger charge is -2.27. The molecule has 0 aromatic heterocycles. The Kier molecular flexibility index (Phi) is 3.19. The highest BCUT2D eigenvalue weighted by Crippen LogP contribution is 2.25. The van der Waals surface area contributed by atoms with Crippen LogP contribution in [0, 0.1) is 5.92 Å². The summed E-state index contributed by atoms with van der Waals surface area (Å²) in [5, 5.41) is 3.31. The molecule has 2 unspecified atom stereocenters. The predicted molar refractivity (Wildman–Crippen MR) is 52.3 cm³/mol. The second kappa shape index (κ2) is 4.40. The highest BCUT2D eigenvalue weighted by atomic mass is 16.6. The zero-order chi connectivity index (χ0) is 9.10. The van der Waals surface area contributed by atoms with Gasteiger partial charge in [-0.05, 0) is 18.8 Å². The van der Waals surface area contributed by atoms with Gasteiger partial charge in [-0.1, -0.05) is 19.3 Å². The first-order chi connectivity index (χ1) is 6.36. The molecule has 1 aliphatic heterocycles. The fraction of sp³-hybridized carbons (Fsp3) is 1.00. The van der Waals surface area contributed by atoms with Crippen LogP contribution in [-0.4, -0.2) is 25.4 Å². The Balaban J connectivity index is 1.64. The Labute approximate surface area is 80.0 Å². The van der Waals surface area contributed by atoms with E-state index in [9.17, 15) is 0 Å². The quantitative estimate of drug-likeness (QED) is 0.637. The number of nitrogens with one attached hydrogen (secondary N) is 1. The predicted octanol–water partition coefficient (Wildman–Crippen LogP) is 0.840. The van der Waals surface area contributed by atoms with Gasteiger partial charge in [-0.25, -0.2) is 0 Å². The molecule has 2 rings (SSSR count). The summed E-state index contributed by atoms with van der Waals surface area (Å²) in [4.78, 5) is 0. The number of ether oxygens (including phenoxy) is 1. The molecule has 1 aliphatic carbocycles. The fourth-order valence-electron chi connectivity index (χ4n) is 2.16. The van der Waals surface area contributed by atoms with E-state index in [4.69, 9.17) is 10.5 Å². The Morgan fingerprint density at radius 2 is 2.00 bits per heavy atom. The summed E-state index contributed by atoms with van der Waals surface area (Å²) in [5.74, 6) is 0.750. The van der Waals surface area contributed by atoms with Crippen LogP contribution in [0.3, 0.4) is 0 Å². The van der Waals surface area contributed by atoms with E-state index in [1.807, 2.05) is 0 Å². The summed E-state index contributed by atoms with van der Waals surface area (Å²) in [5.41, 5.74) is 6.11. The first kappa shape index (κ1) is 9.44. The van der Waals surface area contributed by atoms with E-state index in [0.29, 0.717) is 12.3 Å². The van der Waals surface area contributed by atoms with Crippen LogP contribution in [0.15, 0.2) is 0 Å². The monoisotopic (exact) mass is 184 g/mol. The van der Waals surface area contributed by atoms with Gasteiger partial charge in [-0.3, -0.25) is 5.32 Å². The molecule has 3 heteroatoms. The first-order valence-corrected chi connectivity index (χ1v) is 5.47. The molecule has 0 bridgehead atoms. The molecular formula is C10H20N2O. The molecule has 1 saturated carbocycles. The smallest absolute Gasteiger partial charge is 0.132 e. The van der Waals surface area contributed by atoms with Gasteiger partial charge in [-0.2, -0.15) is 0 Å². The zero-order valence-corrected chi connectivity index (χ0v) is 8.17. The van der Waals surface area contributed by atoms with Gasteiger partial charge in [0.2, 0.25) is 0 Å². The van der Waals surface area contributed by atoms with Gasteiger partial charge in [0.25, 0.3) is 0 Å². The Morgan fingerprint density at radius 3 is 2.62 bits per heavy atom. The summed E-state index contributed by atoms with van der Waals surface area (Å²) < 4.78 is 5.08. The maximum atomic E-state index is 6.11. The molecular weight excluding hydrogens is 164 g/mol. The van der Waals surface area contributed by atoms with Crippen molar-refractivity contribution < 1.29 is 4.74 Å². The topological polar surface area (TPSA) is 50.6 Å². The lowest BCUT2D eigenvalue weighted by Crippen LogP contribution is -2.41. The minimum absolute atomic E-state index is 0.314. The summed E-state index contributed by atoms with van der Waals surface area (Å²) in [6.07, 6.45) is 7.12. The van der Waals surface area contributed by atoms with Crippen LogP contribution in [0.25, 0.3) is 0 Å². The summed E-state index contributed by atoms with van der Waals surface area (Å²) in [7, 11) is 0. The number of rotatable bonds is 4. The Hall–Kier alpha value is -0.120. The van der Waals surface area contributed by atoms with Crippen LogP contribution >= 0.6 is 0 Å². The van der Waals surface area contributed by atoms with Crippen molar-refractivity contribution in [3.8, 4) is 0 Å². The average Bonchev–Trinajstić information content (AvgIpc) is 2.99. The lowest BCUT2D eigenvalue weighted by molar-refractivity contribution is 0.283. The van der Waals surface area contributed by atoms with Crippen LogP contribution in [0.1, 0.15) is 32.1 Å². The second-order valence-corrected chi connectivity index (χ2v) is 4.29. The van der Waals surface area contributed by atoms with Crippen LogP contribution in [0.2, 0.25) is 0 Å². The molecule has 13 heavy (non-hydrogen) atoms. The van der Waals surface area contributed by atoms with Crippen LogP contribution < -0.4 is 11.1 Å². The van der Waals surface area contributed by atoms with E-state index in [2.05, 4.69) is 5.32 Å². The Bertz CT molecular complexity index is 153. The van der Waals surface area contributed by atoms with E-state index in [-0.39, 0.29) is 0 Å². The standard InChI is InChI=1S/C10H20N2O/c11-9(6-12-10-7-13-10)8-4-2-1-3-5-8/h8-10,12H,1-7,11H2. The summed E-state index contributed by atoms with van der Waals surface area (Å²) >= 11 is 0. The minimum Gasteiger partial charge on any atom is -0.357 e. The molecule has 0 spiro atoms. The lowest BCUT2D eigenvalue weighted by atomic mass is 9.84. The minimum atomic E-state index is 0.314. The van der Waals surface area contributed by atoms with Crippen LogP contribution in [0.5, 0.6) is 0 Å². The van der Waals surface area contributed by atoms with Crippen molar-refractivity contribution in [3.05, 3.63) is 0 Å². The number of epoxide rings is 1. The van der Waals surface area contributed by atoms with Gasteiger partial charge in [0, 0.05) is 12.6 Å². The van der Waals surface area contributed by atoms with Crippen molar-refractivity contribution in [3.63, 3.8) is 0 Å². The third-order valence-corrected chi connectivity index (χ3v) is 3.17. The van der Waals surface area contributed by atoms with Gasteiger partial charge < -0.3 is 10.5 Å². The maximum absolute atomic E-state index is 6.11. The van der Waals surface area contributed by atoms with E-state index in [0.717, 1.165) is 19.1 Å². The summed E-state index contributed by atoms with van der Waals surface area (Å²) in [6.45, 7) is 1.80.